The van der Waals surface area contributed by atoms with Crippen molar-refractivity contribution in [1.29, 1.82) is 0 Å². The summed E-state index contributed by atoms with van der Waals surface area (Å²) < 4.78 is 4.36. The van der Waals surface area contributed by atoms with Crippen LogP contribution in [0.1, 0.15) is 26.7 Å². The predicted molar refractivity (Wildman–Crippen MR) is 61.9 cm³/mol. The topological polar surface area (TPSA) is 105 Å². The highest BCUT2D eigenvalue weighted by molar-refractivity contribution is 5.86. The van der Waals surface area contributed by atoms with Crippen molar-refractivity contribution in [3.63, 3.8) is 0 Å². The van der Waals surface area contributed by atoms with Gasteiger partial charge in [0.2, 0.25) is 0 Å². The van der Waals surface area contributed by atoms with Crippen LogP contribution in [-0.4, -0.2) is 42.3 Å². The Morgan fingerprint density at radius 1 is 1.44 bits per heavy atom. The van der Waals surface area contributed by atoms with Crippen molar-refractivity contribution in [3.8, 4) is 0 Å². The minimum Gasteiger partial charge on any atom is -0.480 e. The van der Waals surface area contributed by atoms with E-state index in [1.807, 2.05) is 13.8 Å². The Labute approximate surface area is 105 Å². The number of carboxylic acid groups (broad SMARTS) is 1. The van der Waals surface area contributed by atoms with Crippen molar-refractivity contribution in [2.75, 3.05) is 7.11 Å². The van der Waals surface area contributed by atoms with Gasteiger partial charge in [-0.3, -0.25) is 4.79 Å². The zero-order valence-corrected chi connectivity index (χ0v) is 10.6. The average molecular weight is 258 g/mol. The molecule has 7 heteroatoms. The summed E-state index contributed by atoms with van der Waals surface area (Å²) in [6.07, 6.45) is 0.461. The fraction of sp³-hybridized carbons (Fsp3) is 0.727. The second-order valence-electron chi connectivity index (χ2n) is 5.03. The quantitative estimate of drug-likeness (QED) is 0.607. The van der Waals surface area contributed by atoms with Crippen LogP contribution in [0.3, 0.4) is 0 Å². The molecule has 2 atom stereocenters. The Bertz CT molecular complexity index is 366. The molecule has 3 N–H and O–H groups in total. The molecule has 1 aliphatic rings. The molecule has 7 nitrogen and oxygen atoms in total. The molecule has 0 spiro atoms. The largest absolute Gasteiger partial charge is 0.480 e. The molecular formula is C11H18N2O5. The second-order valence-corrected chi connectivity index (χ2v) is 5.03. The van der Waals surface area contributed by atoms with Crippen molar-refractivity contribution >= 4 is 18.0 Å². The summed E-state index contributed by atoms with van der Waals surface area (Å²) in [6.45, 7) is 4.00. The van der Waals surface area contributed by atoms with Gasteiger partial charge in [-0.1, -0.05) is 13.8 Å². The van der Waals surface area contributed by atoms with E-state index in [2.05, 4.69) is 15.4 Å². The summed E-state index contributed by atoms with van der Waals surface area (Å²) in [5, 5.41) is 13.8. The van der Waals surface area contributed by atoms with Crippen LogP contribution in [0.2, 0.25) is 0 Å². The van der Waals surface area contributed by atoms with Gasteiger partial charge in [0, 0.05) is 6.04 Å². The minimum absolute atomic E-state index is 0.0464. The van der Waals surface area contributed by atoms with Crippen LogP contribution < -0.4 is 10.6 Å². The van der Waals surface area contributed by atoms with Crippen LogP contribution >= 0.6 is 0 Å². The minimum atomic E-state index is -1.28. The number of carbonyl (C=O) groups excluding carboxylic acids is 2. The van der Waals surface area contributed by atoms with E-state index in [0.29, 0.717) is 0 Å². The molecule has 1 rings (SSSR count). The number of amides is 2. The lowest BCUT2D eigenvalue weighted by atomic mass is 10.2. The number of urea groups is 1. The number of rotatable bonds is 5. The first kappa shape index (κ1) is 14.3. The molecule has 0 aromatic carbocycles. The van der Waals surface area contributed by atoms with E-state index in [-0.39, 0.29) is 11.5 Å². The third kappa shape index (κ3) is 3.90. The van der Waals surface area contributed by atoms with Crippen molar-refractivity contribution < 1.29 is 24.2 Å². The van der Waals surface area contributed by atoms with Gasteiger partial charge in [-0.05, 0) is 11.8 Å². The zero-order valence-electron chi connectivity index (χ0n) is 10.6. The lowest BCUT2D eigenvalue weighted by Gasteiger charge is -2.14. The molecule has 102 valence electrons. The molecule has 0 radical (unpaired) electrons. The molecule has 1 fully saturated rings. The number of nitrogens with one attached hydrogen (secondary N) is 2. The van der Waals surface area contributed by atoms with Crippen molar-refractivity contribution in [2.45, 2.75) is 38.8 Å². The van der Waals surface area contributed by atoms with Crippen LogP contribution in [-0.2, 0) is 14.3 Å². The summed E-state index contributed by atoms with van der Waals surface area (Å²) >= 11 is 0. The summed E-state index contributed by atoms with van der Waals surface area (Å²) in [7, 11) is 1.16. The van der Waals surface area contributed by atoms with Gasteiger partial charge in [-0.2, -0.15) is 0 Å². The first-order chi connectivity index (χ1) is 8.26. The van der Waals surface area contributed by atoms with Crippen LogP contribution in [0.25, 0.3) is 0 Å². The molecular weight excluding hydrogens is 240 g/mol. The van der Waals surface area contributed by atoms with Gasteiger partial charge in [-0.15, -0.1) is 0 Å². The highest BCUT2D eigenvalue weighted by atomic mass is 16.5. The number of esters is 1. The number of ether oxygens (including phenoxy) is 1. The Morgan fingerprint density at radius 3 is 2.39 bits per heavy atom. The summed E-state index contributed by atoms with van der Waals surface area (Å²) in [5.74, 6) is -1.96. The number of carboxylic acids is 1. The standard InChI is InChI=1S/C11H18N2O5/c1-11(2)5-7(11)13-10(17)12-6(9(15)16)4-8(14)18-3/h6-7H,4-5H2,1-3H3,(H,15,16)(H2,12,13,17)/t6-,7?/m0/s1. The van der Waals surface area contributed by atoms with E-state index in [4.69, 9.17) is 5.11 Å². The predicted octanol–water partition coefficient (Wildman–Crippen LogP) is 0.100. The van der Waals surface area contributed by atoms with E-state index in [0.717, 1.165) is 13.5 Å². The molecule has 0 bridgehead atoms. The van der Waals surface area contributed by atoms with Gasteiger partial charge in [0.1, 0.15) is 6.04 Å². The first-order valence-corrected chi connectivity index (χ1v) is 5.63. The van der Waals surface area contributed by atoms with Crippen LogP contribution in [0.4, 0.5) is 4.79 Å². The Kier molecular flexibility index (Phi) is 4.15. The SMILES string of the molecule is COC(=O)C[C@H](NC(=O)NC1CC1(C)C)C(=O)O. The molecule has 1 aliphatic carbocycles. The number of carbonyl (C=O) groups is 3. The third-order valence-corrected chi connectivity index (χ3v) is 3.02. The molecule has 0 saturated heterocycles. The van der Waals surface area contributed by atoms with Crippen molar-refractivity contribution in [1.82, 2.24) is 10.6 Å². The van der Waals surface area contributed by atoms with Crippen LogP contribution in [0, 0.1) is 5.41 Å². The van der Waals surface area contributed by atoms with Crippen molar-refractivity contribution in [3.05, 3.63) is 0 Å². The maximum Gasteiger partial charge on any atom is 0.326 e. The zero-order chi connectivity index (χ0) is 13.9. The van der Waals surface area contributed by atoms with E-state index >= 15 is 0 Å². The van der Waals surface area contributed by atoms with Crippen LogP contribution in [0.15, 0.2) is 0 Å². The molecule has 0 heterocycles. The highest BCUT2D eigenvalue weighted by Gasteiger charge is 2.46. The molecule has 1 saturated carbocycles. The summed E-state index contributed by atoms with van der Waals surface area (Å²) in [5.41, 5.74) is 0.0540. The maximum atomic E-state index is 11.5. The van der Waals surface area contributed by atoms with Gasteiger partial charge in [0.25, 0.3) is 0 Å². The molecule has 0 aromatic rings. The molecule has 18 heavy (non-hydrogen) atoms. The van der Waals surface area contributed by atoms with E-state index in [9.17, 15) is 14.4 Å². The van der Waals surface area contributed by atoms with Gasteiger partial charge < -0.3 is 20.5 Å². The first-order valence-electron chi connectivity index (χ1n) is 5.63. The monoisotopic (exact) mass is 258 g/mol. The lowest BCUT2D eigenvalue weighted by molar-refractivity contribution is -0.147. The lowest BCUT2D eigenvalue weighted by Crippen LogP contribution is -2.48. The summed E-state index contributed by atoms with van der Waals surface area (Å²) in [6, 6.07) is -1.81. The fourth-order valence-corrected chi connectivity index (χ4v) is 1.52. The number of hydrogen-bond acceptors (Lipinski definition) is 4. The van der Waals surface area contributed by atoms with Gasteiger partial charge >= 0.3 is 18.0 Å². The van der Waals surface area contributed by atoms with Crippen LogP contribution in [0.5, 0.6) is 0 Å². The Balaban J connectivity index is 2.43. The van der Waals surface area contributed by atoms with Gasteiger partial charge in [-0.25, -0.2) is 9.59 Å². The smallest absolute Gasteiger partial charge is 0.326 e. The van der Waals surface area contributed by atoms with Crippen molar-refractivity contribution in [2.24, 2.45) is 5.41 Å². The van der Waals surface area contributed by atoms with E-state index in [1.54, 1.807) is 0 Å². The number of methoxy groups -OCH3 is 1. The molecule has 0 aromatic heterocycles. The fourth-order valence-electron chi connectivity index (χ4n) is 1.52. The number of hydrogen-bond donors (Lipinski definition) is 3. The normalized spacial score (nSPS) is 21.6. The molecule has 0 aliphatic heterocycles. The average Bonchev–Trinajstić information content (AvgIpc) is 2.84. The third-order valence-electron chi connectivity index (χ3n) is 3.02. The second kappa shape index (κ2) is 5.24. The molecule has 2 amide bonds. The van der Waals surface area contributed by atoms with Gasteiger partial charge in [0.15, 0.2) is 0 Å². The molecule has 1 unspecified atom stereocenters. The summed E-state index contributed by atoms with van der Waals surface area (Å²) in [4.78, 5) is 33.4. The van der Waals surface area contributed by atoms with Gasteiger partial charge in [0.05, 0.1) is 13.5 Å². The highest BCUT2D eigenvalue weighted by Crippen LogP contribution is 2.44. The number of aliphatic carboxylic acids is 1. The van der Waals surface area contributed by atoms with E-state index in [1.165, 1.54) is 0 Å². The van der Waals surface area contributed by atoms with E-state index < -0.39 is 30.4 Å². The maximum absolute atomic E-state index is 11.5. The Morgan fingerprint density at radius 2 is 2.00 bits per heavy atom. The Hall–Kier alpha value is -1.79.